The maximum Gasteiger partial charge on any atom is 0.311 e. The van der Waals surface area contributed by atoms with E-state index in [9.17, 15) is 15.0 Å². The summed E-state index contributed by atoms with van der Waals surface area (Å²) < 4.78 is 11.6. The smallest absolute Gasteiger partial charge is 0.311 e. The summed E-state index contributed by atoms with van der Waals surface area (Å²) in [6, 6.07) is 0. The Morgan fingerprint density at radius 2 is 2.00 bits per heavy atom. The summed E-state index contributed by atoms with van der Waals surface area (Å²) in [4.78, 5) is 12.7. The molecule has 5 heteroatoms. The molecule has 0 aromatic carbocycles. The molecule has 1 aliphatic heterocycles. The molecule has 2 saturated carbocycles. The third kappa shape index (κ3) is 2.58. The number of hydrogen-bond acceptors (Lipinski definition) is 5. The lowest BCUT2D eigenvalue weighted by atomic mass is 9.43. The quantitative estimate of drug-likeness (QED) is 0.593. The van der Waals surface area contributed by atoms with Crippen molar-refractivity contribution < 1.29 is 24.5 Å². The Labute approximate surface area is 156 Å². The van der Waals surface area contributed by atoms with Gasteiger partial charge in [-0.3, -0.25) is 4.79 Å². The molecule has 0 aromatic rings. The van der Waals surface area contributed by atoms with Gasteiger partial charge in [-0.2, -0.15) is 0 Å². The van der Waals surface area contributed by atoms with Crippen LogP contribution >= 0.6 is 0 Å². The topological polar surface area (TPSA) is 76.0 Å². The summed E-state index contributed by atoms with van der Waals surface area (Å²) in [5.74, 6) is -0.154. The number of carbonyl (C=O) groups excluding carboxylic acids is 1. The van der Waals surface area contributed by atoms with Gasteiger partial charge in [0, 0.05) is 12.3 Å². The van der Waals surface area contributed by atoms with Crippen LogP contribution < -0.4 is 0 Å². The van der Waals surface area contributed by atoms with Gasteiger partial charge in [-0.1, -0.05) is 19.4 Å². The average molecular weight is 366 g/mol. The van der Waals surface area contributed by atoms with Crippen molar-refractivity contribution in [1.29, 1.82) is 0 Å². The van der Waals surface area contributed by atoms with Gasteiger partial charge in [0.2, 0.25) is 0 Å². The Balaban J connectivity index is 2.02. The van der Waals surface area contributed by atoms with E-state index in [1.54, 1.807) is 6.08 Å². The van der Waals surface area contributed by atoms with Crippen molar-refractivity contribution in [1.82, 2.24) is 0 Å². The first-order chi connectivity index (χ1) is 12.1. The maximum absolute atomic E-state index is 12.7. The van der Waals surface area contributed by atoms with Crippen LogP contribution in [-0.2, 0) is 14.3 Å². The highest BCUT2D eigenvalue weighted by Gasteiger charge is 2.67. The van der Waals surface area contributed by atoms with E-state index < -0.39 is 22.7 Å². The van der Waals surface area contributed by atoms with Gasteiger partial charge in [0.25, 0.3) is 0 Å². The molecule has 3 unspecified atom stereocenters. The molecule has 0 bridgehead atoms. The second-order valence-corrected chi connectivity index (χ2v) is 9.45. The van der Waals surface area contributed by atoms with E-state index in [4.69, 9.17) is 9.47 Å². The monoisotopic (exact) mass is 366 g/mol. The molecular weight excluding hydrogens is 332 g/mol. The fourth-order valence-corrected chi connectivity index (χ4v) is 6.94. The van der Waals surface area contributed by atoms with Crippen LogP contribution in [0, 0.1) is 22.7 Å². The molecule has 0 amide bonds. The number of hydrogen-bond donors (Lipinski definition) is 2. The van der Waals surface area contributed by atoms with Gasteiger partial charge >= 0.3 is 5.97 Å². The van der Waals surface area contributed by atoms with Crippen molar-refractivity contribution in [3.8, 4) is 0 Å². The first-order valence-corrected chi connectivity index (χ1v) is 9.82. The predicted molar refractivity (Wildman–Crippen MR) is 98.4 cm³/mol. The zero-order valence-corrected chi connectivity index (χ0v) is 16.6. The normalized spacial score (nSPS) is 51.1. The van der Waals surface area contributed by atoms with E-state index in [1.807, 2.05) is 6.92 Å². The molecule has 7 atom stereocenters. The number of fused-ring (bicyclic) bond motifs is 3. The van der Waals surface area contributed by atoms with Gasteiger partial charge in [0.15, 0.2) is 0 Å². The standard InChI is InChI=1S/C21H34O5/c1-6-21(13-22)11-8-15-18(2)9-7-10-19(3,17(24)25-5)16(18)14(23)12-20(15,4)26-21/h6,14-16,22-23H,1,7-13H2,2-5H3/t14?,15?,16?,18-,19-,20-,21-/m0/s1. The van der Waals surface area contributed by atoms with Gasteiger partial charge in [0.1, 0.15) is 5.60 Å². The number of esters is 1. The highest BCUT2D eigenvalue weighted by atomic mass is 16.5. The fraction of sp³-hybridized carbons (Fsp3) is 0.857. The lowest BCUT2D eigenvalue weighted by molar-refractivity contribution is -0.286. The van der Waals surface area contributed by atoms with E-state index in [0.717, 1.165) is 25.7 Å². The van der Waals surface area contributed by atoms with Crippen molar-refractivity contribution in [2.24, 2.45) is 22.7 Å². The van der Waals surface area contributed by atoms with Crippen molar-refractivity contribution >= 4 is 5.97 Å². The van der Waals surface area contributed by atoms with Gasteiger partial charge < -0.3 is 19.7 Å². The number of rotatable bonds is 3. The minimum absolute atomic E-state index is 0.102. The molecule has 1 saturated heterocycles. The third-order valence-corrected chi connectivity index (χ3v) is 7.92. The van der Waals surface area contributed by atoms with Crippen LogP contribution in [0.1, 0.15) is 59.3 Å². The average Bonchev–Trinajstić information content (AvgIpc) is 2.59. The van der Waals surface area contributed by atoms with Crippen LogP contribution in [-0.4, -0.2) is 47.2 Å². The number of aliphatic hydroxyl groups is 2. The number of methoxy groups -OCH3 is 1. The molecule has 3 rings (SSSR count). The van der Waals surface area contributed by atoms with Crippen LogP contribution in [0.25, 0.3) is 0 Å². The first-order valence-electron chi connectivity index (χ1n) is 9.82. The summed E-state index contributed by atoms with van der Waals surface area (Å²) >= 11 is 0. The molecule has 2 N–H and O–H groups in total. The van der Waals surface area contributed by atoms with Crippen molar-refractivity contribution in [2.75, 3.05) is 13.7 Å². The molecule has 2 aliphatic carbocycles. The van der Waals surface area contributed by atoms with Crippen molar-refractivity contribution in [2.45, 2.75) is 76.6 Å². The predicted octanol–water partition coefficient (Wildman–Crippen LogP) is 2.84. The van der Waals surface area contributed by atoms with E-state index >= 15 is 0 Å². The largest absolute Gasteiger partial charge is 0.469 e. The van der Waals surface area contributed by atoms with Gasteiger partial charge in [-0.25, -0.2) is 0 Å². The van der Waals surface area contributed by atoms with Crippen LogP contribution in [0.4, 0.5) is 0 Å². The maximum atomic E-state index is 12.7. The van der Waals surface area contributed by atoms with Gasteiger partial charge in [-0.05, 0) is 50.9 Å². The van der Waals surface area contributed by atoms with Gasteiger partial charge in [0.05, 0.1) is 30.8 Å². The third-order valence-electron chi connectivity index (χ3n) is 7.92. The minimum atomic E-state index is -0.742. The van der Waals surface area contributed by atoms with Crippen LogP contribution in [0.5, 0.6) is 0 Å². The molecular formula is C21H34O5. The molecule has 5 nitrogen and oxygen atoms in total. The number of ether oxygens (including phenoxy) is 2. The van der Waals surface area contributed by atoms with E-state index in [0.29, 0.717) is 12.8 Å². The highest BCUT2D eigenvalue weighted by Crippen LogP contribution is 2.65. The Morgan fingerprint density at radius 1 is 1.31 bits per heavy atom. The van der Waals surface area contributed by atoms with Crippen LogP contribution in [0.3, 0.4) is 0 Å². The lowest BCUT2D eigenvalue weighted by Gasteiger charge is -2.66. The van der Waals surface area contributed by atoms with E-state index in [-0.39, 0.29) is 29.8 Å². The molecule has 26 heavy (non-hydrogen) atoms. The first kappa shape index (κ1) is 19.8. The Morgan fingerprint density at radius 3 is 2.58 bits per heavy atom. The Kier molecular flexibility index (Phi) is 4.82. The Bertz CT molecular complexity index is 591. The summed E-state index contributed by atoms with van der Waals surface area (Å²) in [5, 5.41) is 21.1. The van der Waals surface area contributed by atoms with Crippen LogP contribution in [0.2, 0.25) is 0 Å². The SMILES string of the molecule is C=C[C@@]1(CO)CCC2[C@]3(C)CCC[C@](C)(C(=O)OC)C3C(O)C[C@]2(C)O1. The summed E-state index contributed by atoms with van der Waals surface area (Å²) in [6.07, 6.45) is 5.75. The summed E-state index contributed by atoms with van der Waals surface area (Å²) in [7, 11) is 1.43. The molecule has 148 valence electrons. The fourth-order valence-electron chi connectivity index (χ4n) is 6.94. The molecule has 0 radical (unpaired) electrons. The van der Waals surface area contributed by atoms with Crippen LogP contribution in [0.15, 0.2) is 12.7 Å². The summed E-state index contributed by atoms with van der Waals surface area (Å²) in [6.45, 7) is 9.99. The minimum Gasteiger partial charge on any atom is -0.469 e. The zero-order valence-electron chi connectivity index (χ0n) is 16.6. The summed E-state index contributed by atoms with van der Waals surface area (Å²) in [5.41, 5.74) is -2.18. The number of aliphatic hydroxyl groups excluding tert-OH is 2. The molecule has 1 heterocycles. The molecule has 3 aliphatic rings. The van der Waals surface area contributed by atoms with E-state index in [1.165, 1.54) is 7.11 Å². The zero-order chi connectivity index (χ0) is 19.4. The second kappa shape index (κ2) is 6.32. The molecule has 3 fully saturated rings. The second-order valence-electron chi connectivity index (χ2n) is 9.45. The molecule has 0 aromatic heterocycles. The van der Waals surface area contributed by atoms with E-state index in [2.05, 4.69) is 20.4 Å². The molecule has 0 spiro atoms. The van der Waals surface area contributed by atoms with Gasteiger partial charge in [-0.15, -0.1) is 6.58 Å². The number of carbonyl (C=O) groups is 1. The van der Waals surface area contributed by atoms with Crippen molar-refractivity contribution in [3.63, 3.8) is 0 Å². The van der Waals surface area contributed by atoms with Crippen molar-refractivity contribution in [3.05, 3.63) is 12.7 Å². The Hall–Kier alpha value is -0.910. The lowest BCUT2D eigenvalue weighted by Crippen LogP contribution is -2.68. The highest BCUT2D eigenvalue weighted by molar-refractivity contribution is 5.77.